The van der Waals surface area contributed by atoms with E-state index in [0.29, 0.717) is 6.04 Å². The Kier molecular flexibility index (Phi) is 3.85. The molecule has 1 unspecified atom stereocenters. The van der Waals surface area contributed by atoms with E-state index in [0.717, 1.165) is 17.9 Å². The zero-order valence-electron chi connectivity index (χ0n) is 9.66. The van der Waals surface area contributed by atoms with E-state index in [1.807, 2.05) is 30.2 Å². The minimum atomic E-state index is 0.539. The molecule has 0 spiro atoms. The molecule has 0 radical (unpaired) electrons. The van der Waals surface area contributed by atoms with Crippen molar-refractivity contribution in [3.63, 3.8) is 0 Å². The lowest BCUT2D eigenvalue weighted by atomic mass is 10.2. The molecular weight excluding hydrogens is 218 g/mol. The van der Waals surface area contributed by atoms with Gasteiger partial charge in [0.05, 0.1) is 0 Å². The molecule has 2 aromatic rings. The summed E-state index contributed by atoms with van der Waals surface area (Å²) >= 11 is 1.87. The summed E-state index contributed by atoms with van der Waals surface area (Å²) in [5.74, 6) is 1.14. The van der Waals surface area contributed by atoms with Gasteiger partial charge in [-0.25, -0.2) is 4.98 Å². The van der Waals surface area contributed by atoms with Gasteiger partial charge < -0.3 is 10.3 Å². The largest absolute Gasteiger partial charge is 0.346 e. The molecule has 0 aliphatic heterocycles. The van der Waals surface area contributed by atoms with Crippen LogP contribution in [0.25, 0.3) is 11.0 Å². The van der Waals surface area contributed by atoms with Crippen LogP contribution in [0.15, 0.2) is 24.5 Å². The number of hydrogen-bond donors (Lipinski definition) is 2. The molecule has 0 aliphatic rings. The van der Waals surface area contributed by atoms with Gasteiger partial charge in [0.2, 0.25) is 0 Å². The van der Waals surface area contributed by atoms with Gasteiger partial charge in [-0.1, -0.05) is 0 Å². The van der Waals surface area contributed by atoms with Crippen molar-refractivity contribution in [3.05, 3.63) is 30.1 Å². The maximum atomic E-state index is 4.28. The molecular formula is C12H17N3S. The molecule has 2 rings (SSSR count). The first-order valence-corrected chi connectivity index (χ1v) is 6.84. The standard InChI is InChI=1S/C12H17N3S/c1-9(8-16-2)14-6-10-7-15-12-11(10)4-3-5-13-12/h3-5,7,9,14H,6,8H2,1-2H3,(H,13,15). The predicted octanol–water partition coefficient (Wildman–Crippen LogP) is 2.40. The summed E-state index contributed by atoms with van der Waals surface area (Å²) in [5, 5.41) is 4.72. The van der Waals surface area contributed by atoms with Crippen molar-refractivity contribution in [1.82, 2.24) is 15.3 Å². The average Bonchev–Trinajstić information content (AvgIpc) is 2.70. The Morgan fingerprint density at radius 3 is 3.25 bits per heavy atom. The van der Waals surface area contributed by atoms with Gasteiger partial charge in [-0.3, -0.25) is 0 Å². The molecule has 0 saturated heterocycles. The number of nitrogens with zero attached hydrogens (tertiary/aromatic N) is 1. The lowest BCUT2D eigenvalue weighted by Crippen LogP contribution is -2.27. The van der Waals surface area contributed by atoms with Crippen LogP contribution in [0, 0.1) is 0 Å². The zero-order chi connectivity index (χ0) is 11.4. The summed E-state index contributed by atoms with van der Waals surface area (Å²) in [4.78, 5) is 7.47. The third-order valence-corrected chi connectivity index (χ3v) is 3.43. The summed E-state index contributed by atoms with van der Waals surface area (Å²) in [6.07, 6.45) is 5.98. The monoisotopic (exact) mass is 235 g/mol. The molecule has 2 aromatic heterocycles. The first-order valence-electron chi connectivity index (χ1n) is 5.44. The fraction of sp³-hybridized carbons (Fsp3) is 0.417. The minimum Gasteiger partial charge on any atom is -0.346 e. The van der Waals surface area contributed by atoms with Crippen LogP contribution in [0.3, 0.4) is 0 Å². The molecule has 0 aliphatic carbocycles. The Balaban J connectivity index is 2.04. The fourth-order valence-electron chi connectivity index (χ4n) is 1.75. The number of thioether (sulfide) groups is 1. The predicted molar refractivity (Wildman–Crippen MR) is 70.8 cm³/mol. The summed E-state index contributed by atoms with van der Waals surface area (Å²) in [6.45, 7) is 3.11. The van der Waals surface area contributed by atoms with Crippen molar-refractivity contribution < 1.29 is 0 Å². The van der Waals surface area contributed by atoms with Crippen LogP contribution in [-0.2, 0) is 6.54 Å². The van der Waals surface area contributed by atoms with Crippen molar-refractivity contribution in [1.29, 1.82) is 0 Å². The lowest BCUT2D eigenvalue weighted by molar-refractivity contribution is 0.598. The number of aromatic nitrogens is 2. The average molecular weight is 235 g/mol. The van der Waals surface area contributed by atoms with Gasteiger partial charge in [-0.2, -0.15) is 11.8 Å². The van der Waals surface area contributed by atoms with Crippen LogP contribution in [0.1, 0.15) is 12.5 Å². The van der Waals surface area contributed by atoms with E-state index in [1.54, 1.807) is 0 Å². The molecule has 86 valence electrons. The summed E-state index contributed by atoms with van der Waals surface area (Å²) < 4.78 is 0. The van der Waals surface area contributed by atoms with Crippen LogP contribution in [-0.4, -0.2) is 28.0 Å². The Morgan fingerprint density at radius 1 is 1.56 bits per heavy atom. The van der Waals surface area contributed by atoms with Crippen LogP contribution < -0.4 is 5.32 Å². The van der Waals surface area contributed by atoms with Crippen LogP contribution in [0.4, 0.5) is 0 Å². The Labute approximate surface area is 100 Å². The van der Waals surface area contributed by atoms with E-state index >= 15 is 0 Å². The first-order chi connectivity index (χ1) is 7.81. The molecule has 2 N–H and O–H groups in total. The highest BCUT2D eigenvalue weighted by Gasteiger charge is 2.05. The molecule has 4 heteroatoms. The van der Waals surface area contributed by atoms with Crippen LogP contribution in [0.2, 0.25) is 0 Å². The van der Waals surface area contributed by atoms with E-state index in [1.165, 1.54) is 10.9 Å². The molecule has 0 bridgehead atoms. The number of aromatic amines is 1. The van der Waals surface area contributed by atoms with Gasteiger partial charge >= 0.3 is 0 Å². The number of rotatable bonds is 5. The Morgan fingerprint density at radius 2 is 2.44 bits per heavy atom. The SMILES string of the molecule is CSCC(C)NCc1c[nH]c2ncccc12. The number of nitrogens with one attached hydrogen (secondary N) is 2. The van der Waals surface area contributed by atoms with Gasteiger partial charge in [-0.05, 0) is 30.9 Å². The third-order valence-electron chi connectivity index (χ3n) is 2.59. The first kappa shape index (κ1) is 11.5. The van der Waals surface area contributed by atoms with Crippen LogP contribution >= 0.6 is 11.8 Å². The molecule has 16 heavy (non-hydrogen) atoms. The molecule has 1 atom stereocenters. The van der Waals surface area contributed by atoms with E-state index < -0.39 is 0 Å². The number of hydrogen-bond acceptors (Lipinski definition) is 3. The Bertz CT molecular complexity index is 452. The van der Waals surface area contributed by atoms with Crippen molar-refractivity contribution in [2.75, 3.05) is 12.0 Å². The summed E-state index contributed by atoms with van der Waals surface area (Å²) in [5.41, 5.74) is 2.26. The second-order valence-electron chi connectivity index (χ2n) is 3.95. The highest BCUT2D eigenvalue weighted by molar-refractivity contribution is 7.98. The van der Waals surface area contributed by atoms with E-state index in [2.05, 4.69) is 34.5 Å². The van der Waals surface area contributed by atoms with Gasteiger partial charge in [0, 0.05) is 36.1 Å². The molecule has 0 fully saturated rings. The molecule has 2 heterocycles. The minimum absolute atomic E-state index is 0.539. The number of H-pyrrole nitrogens is 1. The van der Waals surface area contributed by atoms with E-state index in [9.17, 15) is 0 Å². The smallest absolute Gasteiger partial charge is 0.137 e. The summed E-state index contributed by atoms with van der Waals surface area (Å²) in [6, 6.07) is 4.62. The van der Waals surface area contributed by atoms with Crippen molar-refractivity contribution in [2.45, 2.75) is 19.5 Å². The molecule has 0 saturated carbocycles. The quantitative estimate of drug-likeness (QED) is 0.836. The number of pyridine rings is 1. The second kappa shape index (κ2) is 5.37. The lowest BCUT2D eigenvalue weighted by Gasteiger charge is -2.11. The summed E-state index contributed by atoms with van der Waals surface area (Å²) in [7, 11) is 0. The number of fused-ring (bicyclic) bond motifs is 1. The fourth-order valence-corrected chi connectivity index (χ4v) is 2.37. The van der Waals surface area contributed by atoms with E-state index in [4.69, 9.17) is 0 Å². The highest BCUT2D eigenvalue weighted by atomic mass is 32.2. The van der Waals surface area contributed by atoms with Crippen molar-refractivity contribution >= 4 is 22.8 Å². The maximum Gasteiger partial charge on any atom is 0.137 e. The van der Waals surface area contributed by atoms with Crippen LogP contribution in [0.5, 0.6) is 0 Å². The third kappa shape index (κ3) is 2.57. The van der Waals surface area contributed by atoms with Gasteiger partial charge in [0.25, 0.3) is 0 Å². The van der Waals surface area contributed by atoms with Crippen molar-refractivity contribution in [3.8, 4) is 0 Å². The Hall–Kier alpha value is -1.00. The zero-order valence-corrected chi connectivity index (χ0v) is 10.5. The van der Waals surface area contributed by atoms with E-state index in [-0.39, 0.29) is 0 Å². The highest BCUT2D eigenvalue weighted by Crippen LogP contribution is 2.15. The van der Waals surface area contributed by atoms with Gasteiger partial charge in [0.15, 0.2) is 0 Å². The maximum absolute atomic E-state index is 4.28. The molecule has 0 aromatic carbocycles. The normalized spacial score (nSPS) is 13.1. The second-order valence-corrected chi connectivity index (χ2v) is 4.86. The van der Waals surface area contributed by atoms with Gasteiger partial charge in [-0.15, -0.1) is 0 Å². The van der Waals surface area contributed by atoms with Gasteiger partial charge in [0.1, 0.15) is 5.65 Å². The topological polar surface area (TPSA) is 40.7 Å². The molecule has 3 nitrogen and oxygen atoms in total. The molecule has 0 amide bonds. The van der Waals surface area contributed by atoms with Crippen molar-refractivity contribution in [2.24, 2.45) is 0 Å².